The molecule has 84 valence electrons. The third kappa shape index (κ3) is 1.94. The lowest BCUT2D eigenvalue weighted by atomic mass is 10.2. The Kier molecular flexibility index (Phi) is 2.95. The summed E-state index contributed by atoms with van der Waals surface area (Å²) in [6.07, 6.45) is 2.06. The zero-order valence-corrected chi connectivity index (χ0v) is 9.77. The van der Waals surface area contributed by atoms with Crippen LogP contribution in [0.1, 0.15) is 24.6 Å². The van der Waals surface area contributed by atoms with Gasteiger partial charge in [0.2, 0.25) is 0 Å². The van der Waals surface area contributed by atoms with Crippen molar-refractivity contribution in [3.05, 3.63) is 41.6 Å². The van der Waals surface area contributed by atoms with Gasteiger partial charge in [-0.2, -0.15) is 5.10 Å². The molecule has 0 aliphatic heterocycles. The van der Waals surface area contributed by atoms with Gasteiger partial charge in [0.05, 0.1) is 11.4 Å². The first-order valence-electron chi connectivity index (χ1n) is 5.62. The second-order valence-electron chi connectivity index (χ2n) is 4.01. The molecule has 0 bridgehead atoms. The lowest BCUT2D eigenvalue weighted by Crippen LogP contribution is -2.03. The van der Waals surface area contributed by atoms with Crippen molar-refractivity contribution in [3.8, 4) is 5.69 Å². The summed E-state index contributed by atoms with van der Waals surface area (Å²) in [6.45, 7) is 4.21. The van der Waals surface area contributed by atoms with Crippen molar-refractivity contribution in [2.45, 2.75) is 26.7 Å². The van der Waals surface area contributed by atoms with Crippen molar-refractivity contribution in [1.82, 2.24) is 9.78 Å². The molecule has 0 saturated heterocycles. The lowest BCUT2D eigenvalue weighted by molar-refractivity contribution is 0.808. The van der Waals surface area contributed by atoms with E-state index in [0.717, 1.165) is 24.2 Å². The van der Waals surface area contributed by atoms with Crippen LogP contribution in [0.2, 0.25) is 0 Å². The molecule has 1 heterocycles. The number of hydrogen-bond acceptors (Lipinski definition) is 2. The summed E-state index contributed by atoms with van der Waals surface area (Å²) < 4.78 is 1.82. The molecule has 3 heteroatoms. The summed E-state index contributed by atoms with van der Waals surface area (Å²) in [5, 5.41) is 4.52. The first-order valence-corrected chi connectivity index (χ1v) is 5.62. The number of aromatic nitrogens is 2. The van der Waals surface area contributed by atoms with Gasteiger partial charge in [-0.05, 0) is 25.0 Å². The Bertz CT molecular complexity index is 486. The van der Waals surface area contributed by atoms with Crippen molar-refractivity contribution in [3.63, 3.8) is 0 Å². The number of aryl methyl sites for hydroxylation is 2. The van der Waals surface area contributed by atoms with E-state index in [1.807, 2.05) is 28.9 Å². The molecule has 0 unspecified atom stereocenters. The van der Waals surface area contributed by atoms with Crippen LogP contribution in [0, 0.1) is 6.92 Å². The van der Waals surface area contributed by atoms with Gasteiger partial charge in [-0.25, -0.2) is 4.68 Å². The summed E-state index contributed by atoms with van der Waals surface area (Å²) in [7, 11) is 0. The Morgan fingerprint density at radius 2 is 2.06 bits per heavy atom. The van der Waals surface area contributed by atoms with Crippen LogP contribution in [0.4, 0.5) is 5.82 Å². The Morgan fingerprint density at radius 1 is 1.31 bits per heavy atom. The predicted molar refractivity (Wildman–Crippen MR) is 66.7 cm³/mol. The molecular formula is C13H17N3. The summed E-state index contributed by atoms with van der Waals surface area (Å²) in [5.41, 5.74) is 9.27. The van der Waals surface area contributed by atoms with Gasteiger partial charge in [0, 0.05) is 6.07 Å². The minimum absolute atomic E-state index is 0.706. The minimum atomic E-state index is 0.706. The highest BCUT2D eigenvalue weighted by Gasteiger charge is 2.07. The van der Waals surface area contributed by atoms with Gasteiger partial charge in [-0.3, -0.25) is 0 Å². The number of anilines is 1. The van der Waals surface area contributed by atoms with E-state index in [1.165, 1.54) is 5.56 Å². The second kappa shape index (κ2) is 4.39. The van der Waals surface area contributed by atoms with Crippen LogP contribution in [0.15, 0.2) is 30.3 Å². The maximum atomic E-state index is 5.97. The molecule has 0 amide bonds. The Labute approximate surface area is 95.9 Å². The third-order valence-corrected chi connectivity index (χ3v) is 2.64. The number of hydrogen-bond donors (Lipinski definition) is 1. The van der Waals surface area contributed by atoms with E-state index in [0.29, 0.717) is 5.82 Å². The molecule has 1 aromatic heterocycles. The van der Waals surface area contributed by atoms with Crippen LogP contribution in [0.25, 0.3) is 5.69 Å². The van der Waals surface area contributed by atoms with Gasteiger partial charge in [0.1, 0.15) is 5.82 Å². The van der Waals surface area contributed by atoms with E-state index < -0.39 is 0 Å². The van der Waals surface area contributed by atoms with Crippen molar-refractivity contribution >= 4 is 5.82 Å². The summed E-state index contributed by atoms with van der Waals surface area (Å²) in [4.78, 5) is 0. The van der Waals surface area contributed by atoms with E-state index in [-0.39, 0.29) is 0 Å². The van der Waals surface area contributed by atoms with E-state index in [2.05, 4.69) is 25.0 Å². The summed E-state index contributed by atoms with van der Waals surface area (Å²) >= 11 is 0. The van der Waals surface area contributed by atoms with Crippen molar-refractivity contribution in [1.29, 1.82) is 0 Å². The van der Waals surface area contributed by atoms with Gasteiger partial charge >= 0.3 is 0 Å². The van der Waals surface area contributed by atoms with E-state index in [4.69, 9.17) is 5.73 Å². The summed E-state index contributed by atoms with van der Waals surface area (Å²) in [5.74, 6) is 0.706. The normalized spacial score (nSPS) is 10.6. The highest BCUT2D eigenvalue weighted by atomic mass is 15.3. The Hall–Kier alpha value is -1.77. The quantitative estimate of drug-likeness (QED) is 0.855. The third-order valence-electron chi connectivity index (χ3n) is 2.64. The number of nitrogens with zero attached hydrogens (tertiary/aromatic N) is 2. The van der Waals surface area contributed by atoms with Crippen molar-refractivity contribution < 1.29 is 0 Å². The number of nitrogens with two attached hydrogens (primary N) is 1. The number of rotatable bonds is 3. The van der Waals surface area contributed by atoms with Crippen LogP contribution in [0.3, 0.4) is 0 Å². The monoisotopic (exact) mass is 215 g/mol. The molecule has 0 atom stereocenters. The Balaban J connectivity index is 2.44. The highest BCUT2D eigenvalue weighted by molar-refractivity contribution is 5.47. The number of benzene rings is 1. The molecule has 2 N–H and O–H groups in total. The minimum Gasteiger partial charge on any atom is -0.384 e. The lowest BCUT2D eigenvalue weighted by Gasteiger charge is -2.06. The Morgan fingerprint density at radius 3 is 2.75 bits per heavy atom. The smallest absolute Gasteiger partial charge is 0.127 e. The molecule has 1 aromatic carbocycles. The number of para-hydroxylation sites is 1. The zero-order valence-electron chi connectivity index (χ0n) is 9.77. The van der Waals surface area contributed by atoms with Crippen LogP contribution in [-0.2, 0) is 6.42 Å². The summed E-state index contributed by atoms with van der Waals surface area (Å²) in [6, 6.07) is 10.1. The van der Waals surface area contributed by atoms with Gasteiger partial charge in [-0.15, -0.1) is 0 Å². The first-order chi connectivity index (χ1) is 7.72. The molecule has 2 rings (SSSR count). The van der Waals surface area contributed by atoms with Gasteiger partial charge in [-0.1, -0.05) is 31.5 Å². The molecule has 16 heavy (non-hydrogen) atoms. The van der Waals surface area contributed by atoms with Crippen molar-refractivity contribution in [2.24, 2.45) is 0 Å². The van der Waals surface area contributed by atoms with Crippen LogP contribution in [0.5, 0.6) is 0 Å². The van der Waals surface area contributed by atoms with Gasteiger partial charge in [0.25, 0.3) is 0 Å². The molecule has 0 radical (unpaired) electrons. The SMILES string of the molecule is CCCc1cc(N)n(-c2ccccc2C)n1. The molecule has 0 saturated carbocycles. The van der Waals surface area contributed by atoms with E-state index in [9.17, 15) is 0 Å². The average Bonchev–Trinajstić information content (AvgIpc) is 2.61. The zero-order chi connectivity index (χ0) is 11.5. The maximum Gasteiger partial charge on any atom is 0.127 e. The maximum absolute atomic E-state index is 5.97. The molecule has 0 aliphatic carbocycles. The fourth-order valence-electron chi connectivity index (χ4n) is 1.82. The van der Waals surface area contributed by atoms with E-state index >= 15 is 0 Å². The van der Waals surface area contributed by atoms with Crippen molar-refractivity contribution in [2.75, 3.05) is 5.73 Å². The molecule has 0 aliphatic rings. The van der Waals surface area contributed by atoms with Crippen LogP contribution < -0.4 is 5.73 Å². The average molecular weight is 215 g/mol. The standard InChI is InChI=1S/C13H17N3/c1-3-6-11-9-13(14)16(15-11)12-8-5-4-7-10(12)2/h4-5,7-9H,3,6,14H2,1-2H3. The van der Waals surface area contributed by atoms with E-state index in [1.54, 1.807) is 0 Å². The largest absolute Gasteiger partial charge is 0.384 e. The first kappa shape index (κ1) is 10.7. The second-order valence-corrected chi connectivity index (χ2v) is 4.01. The fourth-order valence-corrected chi connectivity index (χ4v) is 1.82. The molecular weight excluding hydrogens is 198 g/mol. The highest BCUT2D eigenvalue weighted by Crippen LogP contribution is 2.18. The molecule has 0 fully saturated rings. The molecule has 0 spiro atoms. The number of nitrogen functional groups attached to an aromatic ring is 1. The molecule has 3 nitrogen and oxygen atoms in total. The van der Waals surface area contributed by atoms with Gasteiger partial charge < -0.3 is 5.73 Å². The van der Waals surface area contributed by atoms with Crippen LogP contribution >= 0.6 is 0 Å². The van der Waals surface area contributed by atoms with Gasteiger partial charge in [0.15, 0.2) is 0 Å². The topological polar surface area (TPSA) is 43.8 Å². The molecule has 2 aromatic rings. The van der Waals surface area contributed by atoms with Crippen LogP contribution in [-0.4, -0.2) is 9.78 Å². The fraction of sp³-hybridized carbons (Fsp3) is 0.308. The predicted octanol–water partition coefficient (Wildman–Crippen LogP) is 2.72.